The van der Waals surface area contributed by atoms with Gasteiger partial charge < -0.3 is 9.52 Å². The lowest BCUT2D eigenvalue weighted by Crippen LogP contribution is -2.02. The fraction of sp³-hybridized carbons (Fsp3) is 0. The summed E-state index contributed by atoms with van der Waals surface area (Å²) in [5.74, 6) is -0.782. The summed E-state index contributed by atoms with van der Waals surface area (Å²) in [6.45, 7) is 0. The Morgan fingerprint density at radius 1 is 1.17 bits per heavy atom. The number of phenolic OH excluding ortho intramolecular Hbond substituents is 1. The molecule has 0 amide bonds. The quantitative estimate of drug-likeness (QED) is 0.382. The van der Waals surface area contributed by atoms with Gasteiger partial charge in [0.25, 0.3) is 0 Å². The van der Waals surface area contributed by atoms with Crippen LogP contribution in [-0.4, -0.2) is 15.0 Å². The van der Waals surface area contributed by atoms with E-state index in [9.17, 15) is 20.0 Å². The summed E-state index contributed by atoms with van der Waals surface area (Å²) < 4.78 is 5.98. The molecule has 120 valence electrons. The van der Waals surface area contributed by atoms with Crippen molar-refractivity contribution in [2.24, 2.45) is 0 Å². The van der Waals surface area contributed by atoms with Crippen molar-refractivity contribution in [2.45, 2.75) is 0 Å². The van der Waals surface area contributed by atoms with Crippen LogP contribution in [0.5, 0.6) is 5.75 Å². The van der Waals surface area contributed by atoms with Crippen molar-refractivity contribution in [1.82, 2.24) is 4.98 Å². The molecule has 0 saturated carbocycles. The third kappa shape index (κ3) is 3.13. The average Bonchev–Trinajstić information content (AvgIpc) is 2.54. The van der Waals surface area contributed by atoms with Gasteiger partial charge in [-0.3, -0.25) is 10.1 Å². The highest BCUT2D eigenvalue weighted by Gasteiger charge is 2.20. The summed E-state index contributed by atoms with van der Waals surface area (Å²) >= 11 is 2.13. The van der Waals surface area contributed by atoms with Gasteiger partial charge in [0.05, 0.1) is 22.2 Å². The monoisotopic (exact) mass is 436 g/mol. The van der Waals surface area contributed by atoms with E-state index in [0.29, 0.717) is 11.3 Å². The Morgan fingerprint density at radius 3 is 2.62 bits per heavy atom. The summed E-state index contributed by atoms with van der Waals surface area (Å²) in [6.07, 6.45) is 0. The predicted octanol–water partition coefficient (Wildman–Crippen LogP) is 3.59. The molecule has 0 radical (unpaired) electrons. The number of nitrogens with zero attached hydrogens (tertiary/aromatic N) is 2. The van der Waals surface area contributed by atoms with E-state index in [-0.39, 0.29) is 11.5 Å². The Kier molecular flexibility index (Phi) is 4.30. The van der Waals surface area contributed by atoms with E-state index >= 15 is 0 Å². The van der Waals surface area contributed by atoms with Gasteiger partial charge in [-0.1, -0.05) is 18.2 Å². The Balaban J connectivity index is 2.19. The predicted molar refractivity (Wildman–Crippen MR) is 94.7 cm³/mol. The van der Waals surface area contributed by atoms with Gasteiger partial charge in [-0.15, -0.1) is 0 Å². The van der Waals surface area contributed by atoms with E-state index in [1.165, 1.54) is 18.2 Å². The first kappa shape index (κ1) is 16.1. The molecule has 7 nitrogen and oxygen atoms in total. The van der Waals surface area contributed by atoms with E-state index in [4.69, 9.17) is 4.42 Å². The van der Waals surface area contributed by atoms with Crippen molar-refractivity contribution in [3.63, 3.8) is 0 Å². The molecule has 0 atom stereocenters. The van der Waals surface area contributed by atoms with Crippen molar-refractivity contribution in [2.75, 3.05) is 0 Å². The Morgan fingerprint density at radius 2 is 1.92 bits per heavy atom. The van der Waals surface area contributed by atoms with Crippen LogP contribution >= 0.6 is 22.6 Å². The molecule has 1 aromatic heterocycles. The molecule has 0 saturated heterocycles. The van der Waals surface area contributed by atoms with E-state index in [1.807, 2.05) is 18.2 Å². The van der Waals surface area contributed by atoms with E-state index in [1.54, 1.807) is 6.07 Å². The van der Waals surface area contributed by atoms with Crippen LogP contribution in [0.3, 0.4) is 0 Å². The topological polar surface area (TPSA) is 106 Å². The number of aromatic hydroxyl groups is 1. The minimum absolute atomic E-state index is 0.0196. The van der Waals surface area contributed by atoms with Crippen molar-refractivity contribution in [1.29, 1.82) is 0 Å². The molecule has 8 heteroatoms. The first-order valence-corrected chi connectivity index (χ1v) is 7.78. The van der Waals surface area contributed by atoms with Crippen LogP contribution in [0, 0.1) is 13.7 Å². The van der Waals surface area contributed by atoms with Crippen LogP contribution in [0.25, 0.3) is 22.7 Å². The number of para-hydroxylation sites is 1. The zero-order chi connectivity index (χ0) is 17.3. The van der Waals surface area contributed by atoms with E-state index in [2.05, 4.69) is 27.6 Å². The summed E-state index contributed by atoms with van der Waals surface area (Å²) in [7, 11) is 0. The van der Waals surface area contributed by atoms with Crippen LogP contribution in [0.4, 0.5) is 5.69 Å². The van der Waals surface area contributed by atoms with Crippen LogP contribution < -0.4 is 5.63 Å². The molecule has 24 heavy (non-hydrogen) atoms. The Labute approximate surface area is 148 Å². The van der Waals surface area contributed by atoms with Gasteiger partial charge in [-0.05, 0) is 40.8 Å². The summed E-state index contributed by atoms with van der Waals surface area (Å²) in [4.78, 5) is 26.3. The molecular formula is C16H9IN2O5. The molecule has 1 heterocycles. The lowest BCUT2D eigenvalue weighted by atomic mass is 10.1. The average molecular weight is 436 g/mol. The van der Waals surface area contributed by atoms with Gasteiger partial charge in [0.15, 0.2) is 0 Å². The van der Waals surface area contributed by atoms with Gasteiger partial charge in [-0.25, -0.2) is 9.78 Å². The van der Waals surface area contributed by atoms with Gasteiger partial charge in [0.1, 0.15) is 0 Å². The molecule has 0 aliphatic heterocycles. The number of benzene rings is 2. The largest absolute Gasteiger partial charge is 0.502 e. The summed E-state index contributed by atoms with van der Waals surface area (Å²) in [6, 6.07) is 12.5. The summed E-state index contributed by atoms with van der Waals surface area (Å²) in [5.41, 5.74) is -0.128. The molecular weight excluding hydrogens is 427 g/mol. The number of hydrogen-bond donors (Lipinski definition) is 1. The Hall–Kier alpha value is -2.75. The minimum atomic E-state index is -0.722. The number of halogens is 1. The van der Waals surface area contributed by atoms with Crippen molar-refractivity contribution >= 4 is 28.3 Å². The van der Waals surface area contributed by atoms with Gasteiger partial charge in [0.2, 0.25) is 11.6 Å². The lowest BCUT2D eigenvalue weighted by Gasteiger charge is -2.06. The van der Waals surface area contributed by atoms with Gasteiger partial charge >= 0.3 is 11.3 Å². The number of phenols is 1. The standard InChI is InChI=1S/C16H9IN2O5/c17-10-4-1-3-9(7-10)12-8-14(20)24-16(18-12)11-5-2-6-13(15(11)21)19(22)23/h1-8,21H. The first-order chi connectivity index (χ1) is 11.5. The second-order valence-corrected chi connectivity index (χ2v) is 6.05. The molecule has 2 aromatic carbocycles. The first-order valence-electron chi connectivity index (χ1n) is 6.70. The van der Waals surface area contributed by atoms with Gasteiger partial charge in [0, 0.05) is 15.2 Å². The number of rotatable bonds is 3. The normalized spacial score (nSPS) is 10.5. The van der Waals surface area contributed by atoms with Crippen molar-refractivity contribution in [3.05, 3.63) is 72.6 Å². The number of aromatic nitrogens is 1. The fourth-order valence-electron chi connectivity index (χ4n) is 2.16. The highest BCUT2D eigenvalue weighted by Crippen LogP contribution is 2.35. The highest BCUT2D eigenvalue weighted by molar-refractivity contribution is 14.1. The van der Waals surface area contributed by atoms with Crippen LogP contribution in [0.15, 0.2) is 57.7 Å². The van der Waals surface area contributed by atoms with Gasteiger partial charge in [-0.2, -0.15) is 0 Å². The van der Waals surface area contributed by atoms with Crippen molar-refractivity contribution in [3.8, 4) is 28.5 Å². The second kappa shape index (κ2) is 6.40. The number of nitro benzene ring substituents is 1. The number of nitro groups is 1. The highest BCUT2D eigenvalue weighted by atomic mass is 127. The van der Waals surface area contributed by atoms with Crippen LogP contribution in [-0.2, 0) is 0 Å². The summed E-state index contributed by atoms with van der Waals surface area (Å²) in [5, 5.41) is 21.0. The molecule has 0 bridgehead atoms. The maximum atomic E-state index is 11.8. The zero-order valence-corrected chi connectivity index (χ0v) is 14.1. The lowest BCUT2D eigenvalue weighted by molar-refractivity contribution is -0.385. The minimum Gasteiger partial charge on any atom is -0.502 e. The SMILES string of the molecule is O=c1cc(-c2cccc(I)c2)nc(-c2cccc([N+](=O)[O-])c2O)o1. The maximum absolute atomic E-state index is 11.8. The molecule has 0 spiro atoms. The smallest absolute Gasteiger partial charge is 0.339 e. The van der Waals surface area contributed by atoms with Crippen LogP contribution in [0.1, 0.15) is 0 Å². The molecule has 0 fully saturated rings. The molecule has 0 aliphatic rings. The number of hydrogen-bond acceptors (Lipinski definition) is 6. The molecule has 0 aliphatic carbocycles. The third-order valence-corrected chi connectivity index (χ3v) is 3.91. The zero-order valence-electron chi connectivity index (χ0n) is 12.0. The molecule has 3 aromatic rings. The molecule has 1 N–H and O–H groups in total. The van der Waals surface area contributed by atoms with Crippen LogP contribution in [0.2, 0.25) is 0 Å². The van der Waals surface area contributed by atoms with E-state index in [0.717, 1.165) is 9.64 Å². The molecule has 0 unspecified atom stereocenters. The molecule has 3 rings (SSSR count). The van der Waals surface area contributed by atoms with Crippen molar-refractivity contribution < 1.29 is 14.4 Å². The second-order valence-electron chi connectivity index (χ2n) is 4.81. The maximum Gasteiger partial charge on any atom is 0.339 e. The van der Waals surface area contributed by atoms with E-state index < -0.39 is 22.0 Å². The third-order valence-electron chi connectivity index (χ3n) is 3.24. The Bertz CT molecular complexity index is 1000. The fourth-order valence-corrected chi connectivity index (χ4v) is 2.71.